The van der Waals surface area contributed by atoms with E-state index in [-0.39, 0.29) is 5.91 Å². The summed E-state index contributed by atoms with van der Waals surface area (Å²) in [5.41, 5.74) is 12.4. The molecule has 1 aromatic rings. The molecule has 1 atom stereocenters. The van der Waals surface area contributed by atoms with Crippen molar-refractivity contribution in [2.24, 2.45) is 11.1 Å². The highest BCUT2D eigenvalue weighted by Gasteiger charge is 2.38. The van der Waals surface area contributed by atoms with Crippen LogP contribution in [0.2, 0.25) is 0 Å². The molecule has 0 bridgehead atoms. The fraction of sp³-hybridized carbons (Fsp3) is 0.385. The third-order valence-electron chi connectivity index (χ3n) is 3.59. The smallest absolute Gasteiger partial charge is 0.225 e. The number of amides is 1. The minimum atomic E-state index is -0.492. The van der Waals surface area contributed by atoms with Crippen LogP contribution in [0.3, 0.4) is 0 Å². The Hall–Kier alpha value is -2.22. The molecule has 94 valence electrons. The monoisotopic (exact) mass is 244 g/mol. The maximum absolute atomic E-state index is 11.4. The van der Waals surface area contributed by atoms with Crippen molar-refractivity contribution in [3.8, 4) is 6.07 Å². The Balaban J connectivity index is 2.25. The summed E-state index contributed by atoms with van der Waals surface area (Å²) in [6, 6.07) is 7.39. The van der Waals surface area contributed by atoms with Gasteiger partial charge in [0, 0.05) is 24.5 Å². The number of benzene rings is 1. The average Bonchev–Trinajstić information content (AvgIpc) is 2.74. The molecule has 0 spiro atoms. The largest absolute Gasteiger partial charge is 0.398 e. The van der Waals surface area contributed by atoms with Crippen LogP contribution in [0, 0.1) is 16.7 Å². The fourth-order valence-electron chi connectivity index (χ4n) is 2.22. The van der Waals surface area contributed by atoms with Crippen LogP contribution < -0.4 is 16.4 Å². The van der Waals surface area contributed by atoms with Gasteiger partial charge < -0.3 is 16.4 Å². The van der Waals surface area contributed by atoms with Gasteiger partial charge in [0.15, 0.2) is 0 Å². The van der Waals surface area contributed by atoms with Crippen molar-refractivity contribution in [3.63, 3.8) is 0 Å². The summed E-state index contributed by atoms with van der Waals surface area (Å²) in [6.07, 6.45) is 0.731. The van der Waals surface area contributed by atoms with Crippen LogP contribution in [-0.4, -0.2) is 19.0 Å². The highest BCUT2D eigenvalue weighted by Crippen LogP contribution is 2.33. The molecule has 0 aromatic heterocycles. The van der Waals surface area contributed by atoms with E-state index in [0.29, 0.717) is 17.8 Å². The van der Waals surface area contributed by atoms with Gasteiger partial charge in [-0.3, -0.25) is 4.79 Å². The van der Waals surface area contributed by atoms with Gasteiger partial charge in [0.2, 0.25) is 5.91 Å². The second-order valence-corrected chi connectivity index (χ2v) is 4.98. The lowest BCUT2D eigenvalue weighted by molar-refractivity contribution is -0.125. The van der Waals surface area contributed by atoms with Crippen molar-refractivity contribution in [2.45, 2.75) is 13.3 Å². The van der Waals surface area contributed by atoms with Gasteiger partial charge in [0.1, 0.15) is 6.07 Å². The van der Waals surface area contributed by atoms with E-state index in [2.05, 4.69) is 11.0 Å². The van der Waals surface area contributed by atoms with E-state index >= 15 is 0 Å². The molecule has 1 fully saturated rings. The molecule has 0 saturated carbocycles. The Kier molecular flexibility index (Phi) is 2.87. The van der Waals surface area contributed by atoms with Crippen LogP contribution in [0.25, 0.3) is 0 Å². The van der Waals surface area contributed by atoms with Crippen LogP contribution in [0.5, 0.6) is 0 Å². The summed E-state index contributed by atoms with van der Waals surface area (Å²) in [5.74, 6) is -0.277. The molecule has 18 heavy (non-hydrogen) atoms. The topological polar surface area (TPSA) is 96.1 Å². The highest BCUT2D eigenvalue weighted by atomic mass is 16.1. The predicted molar refractivity (Wildman–Crippen MR) is 69.7 cm³/mol. The molecule has 0 radical (unpaired) electrons. The summed E-state index contributed by atoms with van der Waals surface area (Å²) >= 11 is 0. The lowest BCUT2D eigenvalue weighted by atomic mass is 9.89. The molecule has 1 heterocycles. The van der Waals surface area contributed by atoms with Crippen molar-refractivity contribution in [1.82, 2.24) is 0 Å². The minimum Gasteiger partial charge on any atom is -0.398 e. The van der Waals surface area contributed by atoms with Crippen molar-refractivity contribution >= 4 is 17.3 Å². The van der Waals surface area contributed by atoms with Gasteiger partial charge in [-0.05, 0) is 31.5 Å². The van der Waals surface area contributed by atoms with E-state index in [1.165, 1.54) is 0 Å². The normalized spacial score (nSPS) is 22.8. The number of carbonyl (C=O) groups is 1. The molecule has 1 aliphatic heterocycles. The first-order chi connectivity index (χ1) is 8.46. The Morgan fingerprint density at radius 2 is 2.28 bits per heavy atom. The Morgan fingerprint density at radius 3 is 2.83 bits per heavy atom. The molecule has 1 saturated heterocycles. The number of carbonyl (C=O) groups excluding carboxylic acids is 1. The number of rotatable bonds is 2. The van der Waals surface area contributed by atoms with Gasteiger partial charge >= 0.3 is 0 Å². The summed E-state index contributed by atoms with van der Waals surface area (Å²) in [7, 11) is 0. The third kappa shape index (κ3) is 1.97. The third-order valence-corrected chi connectivity index (χ3v) is 3.59. The fourth-order valence-corrected chi connectivity index (χ4v) is 2.22. The van der Waals surface area contributed by atoms with Crippen LogP contribution >= 0.6 is 0 Å². The standard InChI is InChI=1S/C13H16N4O/c1-13(12(16)18)4-5-17(8-13)10-2-3-11(15)9(6-10)7-14/h2-3,6H,4-5,8,15H2,1H3,(H2,16,18). The van der Waals surface area contributed by atoms with Crippen molar-refractivity contribution in [3.05, 3.63) is 23.8 Å². The van der Waals surface area contributed by atoms with Gasteiger partial charge in [-0.2, -0.15) is 5.26 Å². The number of nitriles is 1. The molecule has 1 unspecified atom stereocenters. The second-order valence-electron chi connectivity index (χ2n) is 4.98. The van der Waals surface area contributed by atoms with Gasteiger partial charge in [0.05, 0.1) is 11.0 Å². The number of hydrogen-bond acceptors (Lipinski definition) is 4. The molecule has 1 amide bonds. The van der Waals surface area contributed by atoms with Crippen molar-refractivity contribution in [2.75, 3.05) is 23.7 Å². The molecule has 0 aliphatic carbocycles. The number of nitrogens with zero attached hydrogens (tertiary/aromatic N) is 2. The predicted octanol–water partition coefficient (Wildman–Crippen LogP) is 0.842. The van der Waals surface area contributed by atoms with Gasteiger partial charge in [-0.1, -0.05) is 0 Å². The van der Waals surface area contributed by atoms with E-state index in [1.54, 1.807) is 12.1 Å². The maximum atomic E-state index is 11.4. The molecule has 2 rings (SSSR count). The molecular formula is C13H16N4O. The van der Waals surface area contributed by atoms with Crippen LogP contribution in [-0.2, 0) is 4.79 Å². The minimum absolute atomic E-state index is 0.277. The highest BCUT2D eigenvalue weighted by molar-refractivity contribution is 5.82. The summed E-state index contributed by atoms with van der Waals surface area (Å²) in [6.45, 7) is 3.21. The van der Waals surface area contributed by atoms with Gasteiger partial charge in [-0.25, -0.2) is 0 Å². The van der Waals surface area contributed by atoms with Crippen molar-refractivity contribution in [1.29, 1.82) is 5.26 Å². The van der Waals surface area contributed by atoms with Crippen LogP contribution in [0.1, 0.15) is 18.9 Å². The maximum Gasteiger partial charge on any atom is 0.225 e. The Bertz CT molecular complexity index is 534. The van der Waals surface area contributed by atoms with Crippen molar-refractivity contribution < 1.29 is 4.79 Å². The zero-order valence-corrected chi connectivity index (χ0v) is 10.3. The van der Waals surface area contributed by atoms with E-state index in [4.69, 9.17) is 16.7 Å². The van der Waals surface area contributed by atoms with Crippen LogP contribution in [0.15, 0.2) is 18.2 Å². The van der Waals surface area contributed by atoms with Crippen LogP contribution in [0.4, 0.5) is 11.4 Å². The summed E-state index contributed by atoms with van der Waals surface area (Å²) < 4.78 is 0. The quantitative estimate of drug-likeness (QED) is 0.753. The number of nitrogens with two attached hydrogens (primary N) is 2. The van der Waals surface area contributed by atoms with E-state index in [9.17, 15) is 4.79 Å². The first kappa shape index (κ1) is 12.2. The Labute approximate surface area is 106 Å². The number of nitrogen functional groups attached to an aromatic ring is 1. The lowest BCUT2D eigenvalue weighted by Gasteiger charge is -2.22. The van der Waals surface area contributed by atoms with Gasteiger partial charge in [-0.15, -0.1) is 0 Å². The average molecular weight is 244 g/mol. The van der Waals surface area contributed by atoms with E-state index in [1.807, 2.05) is 13.0 Å². The number of hydrogen-bond donors (Lipinski definition) is 2. The summed E-state index contributed by atoms with van der Waals surface area (Å²) in [4.78, 5) is 13.5. The Morgan fingerprint density at radius 1 is 1.56 bits per heavy atom. The molecule has 5 nitrogen and oxygen atoms in total. The molecular weight excluding hydrogens is 228 g/mol. The zero-order valence-electron chi connectivity index (χ0n) is 10.3. The van der Waals surface area contributed by atoms with E-state index < -0.39 is 5.41 Å². The number of anilines is 2. The molecule has 4 N–H and O–H groups in total. The van der Waals surface area contributed by atoms with E-state index in [0.717, 1.165) is 18.7 Å². The molecule has 1 aliphatic rings. The molecule has 5 heteroatoms. The first-order valence-corrected chi connectivity index (χ1v) is 5.81. The number of primary amides is 1. The second kappa shape index (κ2) is 4.22. The lowest BCUT2D eigenvalue weighted by Crippen LogP contribution is -2.37. The first-order valence-electron chi connectivity index (χ1n) is 5.81. The SMILES string of the molecule is CC1(C(N)=O)CCN(c2ccc(N)c(C#N)c2)C1. The summed E-state index contributed by atoms with van der Waals surface area (Å²) in [5, 5.41) is 8.95. The van der Waals surface area contributed by atoms with Gasteiger partial charge in [0.25, 0.3) is 0 Å². The molecule has 1 aromatic carbocycles. The zero-order chi connectivity index (χ0) is 13.3.